The number of nitrogens with zero attached hydrogens (tertiary/aromatic N) is 1. The largest absolute Gasteiger partial charge is 0.321 e. The summed E-state index contributed by atoms with van der Waals surface area (Å²) in [5.41, 5.74) is 1.86. The summed E-state index contributed by atoms with van der Waals surface area (Å²) >= 11 is 0. The molecule has 0 radical (unpaired) electrons. The van der Waals surface area contributed by atoms with Crippen LogP contribution in [0.1, 0.15) is 33.5 Å². The summed E-state index contributed by atoms with van der Waals surface area (Å²) in [5.74, 6) is -3.20. The van der Waals surface area contributed by atoms with E-state index in [0.717, 1.165) is 24.1 Å². The maximum atomic E-state index is 13.3. The molecule has 0 bridgehead atoms. The highest BCUT2D eigenvalue weighted by molar-refractivity contribution is 6.06. The van der Waals surface area contributed by atoms with Crippen LogP contribution in [0.15, 0.2) is 60.7 Å². The van der Waals surface area contributed by atoms with Crippen molar-refractivity contribution in [1.82, 2.24) is 4.98 Å². The van der Waals surface area contributed by atoms with Crippen molar-refractivity contribution in [1.29, 1.82) is 0 Å². The number of nitrogens with one attached hydrogen (secondary N) is 2. The first-order chi connectivity index (χ1) is 13.5. The Bertz CT molecular complexity index is 1020. The number of carbonyl (C=O) groups excluding carboxylic acids is 2. The normalized spacial score (nSPS) is 10.4. The van der Waals surface area contributed by atoms with E-state index in [-0.39, 0.29) is 17.1 Å². The summed E-state index contributed by atoms with van der Waals surface area (Å²) in [6, 6.07) is 14.8. The molecular formula is C21H17F2N3O2. The van der Waals surface area contributed by atoms with Crippen LogP contribution in [0.25, 0.3) is 0 Å². The Morgan fingerprint density at radius 1 is 0.821 bits per heavy atom. The number of benzene rings is 2. The molecule has 3 rings (SSSR count). The predicted molar refractivity (Wildman–Crippen MR) is 102 cm³/mol. The molecule has 2 aromatic carbocycles. The average molecular weight is 381 g/mol. The van der Waals surface area contributed by atoms with Gasteiger partial charge in [-0.15, -0.1) is 0 Å². The van der Waals surface area contributed by atoms with Crippen LogP contribution in [-0.2, 0) is 6.42 Å². The van der Waals surface area contributed by atoms with Crippen molar-refractivity contribution in [3.8, 4) is 0 Å². The summed E-state index contributed by atoms with van der Waals surface area (Å²) in [7, 11) is 0. The highest BCUT2D eigenvalue weighted by atomic mass is 19.2. The van der Waals surface area contributed by atoms with Crippen LogP contribution in [0.5, 0.6) is 0 Å². The smallest absolute Gasteiger partial charge is 0.274 e. The van der Waals surface area contributed by atoms with Gasteiger partial charge in [0.05, 0.1) is 0 Å². The minimum Gasteiger partial charge on any atom is -0.321 e. The Morgan fingerprint density at radius 3 is 1.96 bits per heavy atom. The molecule has 1 aromatic heterocycles. The van der Waals surface area contributed by atoms with Gasteiger partial charge in [-0.1, -0.05) is 25.1 Å². The van der Waals surface area contributed by atoms with Crippen molar-refractivity contribution in [2.24, 2.45) is 0 Å². The number of rotatable bonds is 5. The van der Waals surface area contributed by atoms with Gasteiger partial charge in [-0.05, 0) is 48.4 Å². The fraction of sp³-hybridized carbons (Fsp3) is 0.0952. The van der Waals surface area contributed by atoms with Crippen LogP contribution in [0.3, 0.4) is 0 Å². The van der Waals surface area contributed by atoms with Crippen LogP contribution >= 0.6 is 0 Å². The molecule has 0 aliphatic carbocycles. The van der Waals surface area contributed by atoms with E-state index in [2.05, 4.69) is 15.6 Å². The zero-order valence-electron chi connectivity index (χ0n) is 15.0. The van der Waals surface area contributed by atoms with E-state index >= 15 is 0 Å². The first-order valence-corrected chi connectivity index (χ1v) is 8.60. The Hall–Kier alpha value is -3.61. The molecule has 0 atom stereocenters. The topological polar surface area (TPSA) is 71.1 Å². The van der Waals surface area contributed by atoms with Crippen molar-refractivity contribution in [3.63, 3.8) is 0 Å². The molecule has 2 N–H and O–H groups in total. The van der Waals surface area contributed by atoms with Gasteiger partial charge in [0.2, 0.25) is 0 Å². The van der Waals surface area contributed by atoms with E-state index in [1.54, 1.807) is 12.1 Å². The van der Waals surface area contributed by atoms with Crippen molar-refractivity contribution >= 4 is 23.2 Å². The third-order valence-corrected chi connectivity index (χ3v) is 4.01. The van der Waals surface area contributed by atoms with Crippen LogP contribution in [0.4, 0.5) is 20.2 Å². The first kappa shape index (κ1) is 19.2. The fourth-order valence-electron chi connectivity index (χ4n) is 2.48. The van der Waals surface area contributed by atoms with Crippen molar-refractivity contribution in [2.45, 2.75) is 13.3 Å². The third kappa shape index (κ3) is 4.56. The number of anilines is 2. The number of aromatic nitrogens is 1. The van der Waals surface area contributed by atoms with E-state index in [0.29, 0.717) is 5.69 Å². The van der Waals surface area contributed by atoms with Gasteiger partial charge in [0, 0.05) is 17.4 Å². The second-order valence-corrected chi connectivity index (χ2v) is 6.00. The second-order valence-electron chi connectivity index (χ2n) is 6.00. The number of hydrogen-bond acceptors (Lipinski definition) is 3. The zero-order chi connectivity index (χ0) is 20.1. The van der Waals surface area contributed by atoms with Crippen LogP contribution in [0, 0.1) is 11.6 Å². The van der Waals surface area contributed by atoms with Crippen molar-refractivity contribution in [2.75, 3.05) is 10.6 Å². The molecule has 0 aliphatic rings. The average Bonchev–Trinajstić information content (AvgIpc) is 2.71. The number of hydrogen-bond donors (Lipinski definition) is 2. The number of aryl methyl sites for hydroxylation is 1. The van der Waals surface area contributed by atoms with Crippen LogP contribution in [-0.4, -0.2) is 16.8 Å². The van der Waals surface area contributed by atoms with Gasteiger partial charge in [-0.3, -0.25) is 9.59 Å². The maximum absolute atomic E-state index is 13.3. The molecule has 1 heterocycles. The van der Waals surface area contributed by atoms with E-state index in [4.69, 9.17) is 0 Å². The molecule has 0 fully saturated rings. The van der Waals surface area contributed by atoms with E-state index in [1.807, 2.05) is 19.1 Å². The Morgan fingerprint density at radius 2 is 1.39 bits per heavy atom. The maximum Gasteiger partial charge on any atom is 0.274 e. The highest BCUT2D eigenvalue weighted by Gasteiger charge is 2.14. The summed E-state index contributed by atoms with van der Waals surface area (Å²) in [5, 5.41) is 5.13. The summed E-state index contributed by atoms with van der Waals surface area (Å²) in [4.78, 5) is 28.7. The van der Waals surface area contributed by atoms with Gasteiger partial charge < -0.3 is 10.6 Å². The molecular weight excluding hydrogens is 364 g/mol. The molecule has 28 heavy (non-hydrogen) atoms. The monoisotopic (exact) mass is 381 g/mol. The van der Waals surface area contributed by atoms with E-state index < -0.39 is 23.4 Å². The lowest BCUT2D eigenvalue weighted by Gasteiger charge is -2.08. The van der Waals surface area contributed by atoms with Gasteiger partial charge in [0.25, 0.3) is 11.8 Å². The molecule has 0 saturated carbocycles. The molecule has 0 saturated heterocycles. The molecule has 142 valence electrons. The Kier molecular flexibility index (Phi) is 5.74. The van der Waals surface area contributed by atoms with Crippen LogP contribution in [0.2, 0.25) is 0 Å². The quantitative estimate of drug-likeness (QED) is 0.687. The van der Waals surface area contributed by atoms with Gasteiger partial charge in [-0.25, -0.2) is 13.8 Å². The minimum atomic E-state index is -1.08. The summed E-state index contributed by atoms with van der Waals surface area (Å²) in [6.07, 6.45) is 0.894. The van der Waals surface area contributed by atoms with Crippen molar-refractivity contribution < 1.29 is 18.4 Å². The molecule has 0 spiro atoms. The SMILES string of the molecule is CCc1ccc(NC(=O)c2cccc(C(=O)Nc3ccc(F)c(F)c3)n2)cc1. The Labute approximate surface area is 160 Å². The highest BCUT2D eigenvalue weighted by Crippen LogP contribution is 2.15. The Balaban J connectivity index is 1.72. The zero-order valence-corrected chi connectivity index (χ0v) is 15.0. The number of pyridine rings is 1. The van der Waals surface area contributed by atoms with Crippen molar-refractivity contribution in [3.05, 3.63) is 89.2 Å². The molecule has 7 heteroatoms. The molecule has 0 aliphatic heterocycles. The van der Waals surface area contributed by atoms with E-state index in [1.165, 1.54) is 24.3 Å². The molecule has 3 aromatic rings. The third-order valence-electron chi connectivity index (χ3n) is 4.01. The lowest BCUT2D eigenvalue weighted by Crippen LogP contribution is -2.18. The first-order valence-electron chi connectivity index (χ1n) is 8.60. The van der Waals surface area contributed by atoms with Gasteiger partial charge in [-0.2, -0.15) is 0 Å². The molecule has 2 amide bonds. The predicted octanol–water partition coefficient (Wildman–Crippen LogP) is 4.43. The molecule has 0 unspecified atom stereocenters. The number of halogens is 2. The number of amides is 2. The summed E-state index contributed by atoms with van der Waals surface area (Å²) in [6.45, 7) is 2.04. The lowest BCUT2D eigenvalue weighted by molar-refractivity contribution is 0.101. The van der Waals surface area contributed by atoms with E-state index in [9.17, 15) is 18.4 Å². The number of carbonyl (C=O) groups is 2. The lowest BCUT2D eigenvalue weighted by atomic mass is 10.1. The minimum absolute atomic E-state index is 0.0290. The van der Waals surface area contributed by atoms with Crippen LogP contribution < -0.4 is 10.6 Å². The standard InChI is InChI=1S/C21H17F2N3O2/c1-2-13-6-8-14(9-7-13)24-20(27)18-4-3-5-19(26-18)21(28)25-15-10-11-16(22)17(23)12-15/h3-12H,2H2,1H3,(H,24,27)(H,25,28). The molecule has 5 nitrogen and oxygen atoms in total. The fourth-order valence-corrected chi connectivity index (χ4v) is 2.48. The van der Waals surface area contributed by atoms with Gasteiger partial charge >= 0.3 is 0 Å². The van der Waals surface area contributed by atoms with Gasteiger partial charge in [0.15, 0.2) is 11.6 Å². The second kappa shape index (κ2) is 8.39. The summed E-state index contributed by atoms with van der Waals surface area (Å²) < 4.78 is 26.2. The van der Waals surface area contributed by atoms with Gasteiger partial charge in [0.1, 0.15) is 11.4 Å².